The van der Waals surface area contributed by atoms with Crippen LogP contribution in [0, 0.1) is 11.7 Å². The molecule has 0 amide bonds. The van der Waals surface area contributed by atoms with E-state index < -0.39 is 5.60 Å². The Labute approximate surface area is 114 Å². The molecule has 0 spiro atoms. The summed E-state index contributed by atoms with van der Waals surface area (Å²) in [4.78, 5) is 0. The van der Waals surface area contributed by atoms with Gasteiger partial charge in [0.25, 0.3) is 0 Å². The van der Waals surface area contributed by atoms with E-state index in [1.54, 1.807) is 12.1 Å². The molecule has 0 radical (unpaired) electrons. The normalized spacial score (nSPS) is 34.6. The van der Waals surface area contributed by atoms with Gasteiger partial charge in [0, 0.05) is 0 Å². The molecule has 2 saturated carbocycles. The van der Waals surface area contributed by atoms with Crippen LogP contribution in [0.25, 0.3) is 0 Å². The number of anilines is 1. The van der Waals surface area contributed by atoms with E-state index in [9.17, 15) is 9.50 Å². The molecular weight excluding hydrogens is 241 g/mol. The maximum atomic E-state index is 13.7. The highest BCUT2D eigenvalue weighted by Gasteiger charge is 2.47. The van der Waals surface area contributed by atoms with Gasteiger partial charge in [-0.1, -0.05) is 31.4 Å². The predicted octanol–water partition coefficient (Wildman–Crippen LogP) is 3.71. The molecule has 3 heteroatoms. The van der Waals surface area contributed by atoms with Crippen molar-refractivity contribution in [1.82, 2.24) is 0 Å². The van der Waals surface area contributed by atoms with Gasteiger partial charge >= 0.3 is 0 Å². The summed E-state index contributed by atoms with van der Waals surface area (Å²) in [5, 5.41) is 14.3. The van der Waals surface area contributed by atoms with Crippen LogP contribution in [0.1, 0.15) is 44.9 Å². The molecular formula is C16H22FNO. The van der Waals surface area contributed by atoms with Crippen LogP contribution in [0.15, 0.2) is 24.3 Å². The molecule has 1 aromatic carbocycles. The minimum absolute atomic E-state index is 0.0107. The fraction of sp³-hybridized carbons (Fsp3) is 0.625. The van der Waals surface area contributed by atoms with E-state index in [0.717, 1.165) is 38.5 Å². The number of nitrogens with one attached hydrogen (secondary N) is 1. The first-order valence-electron chi connectivity index (χ1n) is 7.43. The van der Waals surface area contributed by atoms with Crippen molar-refractivity contribution in [3.8, 4) is 0 Å². The van der Waals surface area contributed by atoms with Crippen LogP contribution in [0.3, 0.4) is 0 Å². The van der Waals surface area contributed by atoms with E-state index in [-0.39, 0.29) is 11.9 Å². The molecule has 2 aliphatic rings. The Morgan fingerprint density at radius 1 is 1.11 bits per heavy atom. The van der Waals surface area contributed by atoms with Crippen molar-refractivity contribution < 1.29 is 9.50 Å². The second-order valence-corrected chi connectivity index (χ2v) is 6.04. The third-order valence-corrected chi connectivity index (χ3v) is 4.94. The minimum Gasteiger partial charge on any atom is -0.387 e. The quantitative estimate of drug-likeness (QED) is 0.852. The van der Waals surface area contributed by atoms with Crippen LogP contribution in [0.4, 0.5) is 10.1 Å². The monoisotopic (exact) mass is 263 g/mol. The van der Waals surface area contributed by atoms with Gasteiger partial charge in [0.05, 0.1) is 17.3 Å². The molecule has 1 aromatic rings. The van der Waals surface area contributed by atoms with Gasteiger partial charge in [-0.15, -0.1) is 0 Å². The number of benzene rings is 1. The van der Waals surface area contributed by atoms with Crippen molar-refractivity contribution in [3.63, 3.8) is 0 Å². The SMILES string of the molecule is O[C@]12CCCC[C@@H]1CCC[C@@H]2Nc1ccccc1F. The van der Waals surface area contributed by atoms with E-state index in [4.69, 9.17) is 0 Å². The Morgan fingerprint density at radius 2 is 1.89 bits per heavy atom. The van der Waals surface area contributed by atoms with E-state index in [0.29, 0.717) is 11.6 Å². The van der Waals surface area contributed by atoms with Crippen molar-refractivity contribution in [2.75, 3.05) is 5.32 Å². The fourth-order valence-corrected chi connectivity index (χ4v) is 3.89. The Kier molecular flexibility index (Phi) is 3.48. The van der Waals surface area contributed by atoms with Crippen molar-refractivity contribution in [1.29, 1.82) is 0 Å². The molecule has 2 aliphatic carbocycles. The molecule has 2 N–H and O–H groups in total. The highest BCUT2D eigenvalue weighted by molar-refractivity contribution is 5.46. The minimum atomic E-state index is -0.640. The summed E-state index contributed by atoms with van der Waals surface area (Å²) in [5.41, 5.74) is -0.120. The van der Waals surface area contributed by atoms with Gasteiger partial charge in [0.15, 0.2) is 0 Å². The average Bonchev–Trinajstić information content (AvgIpc) is 2.42. The van der Waals surface area contributed by atoms with Crippen molar-refractivity contribution in [2.24, 2.45) is 5.92 Å². The van der Waals surface area contributed by atoms with Crippen LogP contribution in [-0.4, -0.2) is 16.7 Å². The van der Waals surface area contributed by atoms with Crippen molar-refractivity contribution >= 4 is 5.69 Å². The molecule has 0 aliphatic heterocycles. The van der Waals surface area contributed by atoms with Gasteiger partial charge in [-0.3, -0.25) is 0 Å². The van der Waals surface area contributed by atoms with Gasteiger partial charge in [0.1, 0.15) is 5.82 Å². The third kappa shape index (κ3) is 2.36. The van der Waals surface area contributed by atoms with Gasteiger partial charge < -0.3 is 10.4 Å². The Bertz CT molecular complexity index is 448. The lowest BCUT2D eigenvalue weighted by Crippen LogP contribution is -2.56. The first kappa shape index (κ1) is 12.9. The summed E-state index contributed by atoms with van der Waals surface area (Å²) in [6.07, 6.45) is 7.45. The van der Waals surface area contributed by atoms with Gasteiger partial charge in [0.2, 0.25) is 0 Å². The molecule has 3 rings (SSSR count). The van der Waals surface area contributed by atoms with Crippen LogP contribution >= 0.6 is 0 Å². The van der Waals surface area contributed by atoms with E-state index in [2.05, 4.69) is 5.32 Å². The molecule has 2 fully saturated rings. The Morgan fingerprint density at radius 3 is 2.74 bits per heavy atom. The number of para-hydroxylation sites is 1. The van der Waals surface area contributed by atoms with Crippen LogP contribution in [0.5, 0.6) is 0 Å². The molecule has 0 unspecified atom stereocenters. The topological polar surface area (TPSA) is 32.3 Å². The molecule has 0 bridgehead atoms. The molecule has 104 valence electrons. The summed E-state index contributed by atoms with van der Waals surface area (Å²) in [6.45, 7) is 0. The standard InChI is InChI=1S/C16H22FNO/c17-13-8-1-2-9-14(13)18-15-10-5-7-12-6-3-4-11-16(12,15)19/h1-2,8-9,12,15,18-19H,3-7,10-11H2/t12-,15+,16-/m1/s1. The second kappa shape index (κ2) is 5.12. The van der Waals surface area contributed by atoms with Crippen LogP contribution in [0.2, 0.25) is 0 Å². The highest BCUT2D eigenvalue weighted by atomic mass is 19.1. The van der Waals surface area contributed by atoms with Gasteiger partial charge in [-0.25, -0.2) is 4.39 Å². The fourth-order valence-electron chi connectivity index (χ4n) is 3.89. The lowest BCUT2D eigenvalue weighted by Gasteiger charge is -2.49. The lowest BCUT2D eigenvalue weighted by atomic mass is 9.65. The number of halogens is 1. The first-order valence-corrected chi connectivity index (χ1v) is 7.43. The number of rotatable bonds is 2. The zero-order valence-electron chi connectivity index (χ0n) is 11.2. The summed E-state index contributed by atoms with van der Waals surface area (Å²) >= 11 is 0. The lowest BCUT2D eigenvalue weighted by molar-refractivity contribution is -0.0835. The number of aliphatic hydroxyl groups is 1. The zero-order chi connectivity index (χ0) is 13.3. The second-order valence-electron chi connectivity index (χ2n) is 6.04. The molecule has 2 nitrogen and oxygen atoms in total. The summed E-state index contributed by atoms with van der Waals surface area (Å²) in [7, 11) is 0. The third-order valence-electron chi connectivity index (χ3n) is 4.94. The van der Waals surface area contributed by atoms with Crippen LogP contribution < -0.4 is 5.32 Å². The summed E-state index contributed by atoms with van der Waals surface area (Å²) < 4.78 is 13.7. The predicted molar refractivity (Wildman–Crippen MR) is 74.6 cm³/mol. The highest BCUT2D eigenvalue weighted by Crippen LogP contribution is 2.44. The average molecular weight is 263 g/mol. The number of hydrogen-bond donors (Lipinski definition) is 2. The molecule has 19 heavy (non-hydrogen) atoms. The van der Waals surface area contributed by atoms with E-state index >= 15 is 0 Å². The van der Waals surface area contributed by atoms with E-state index in [1.807, 2.05) is 6.07 Å². The molecule has 3 atom stereocenters. The Hall–Kier alpha value is -1.09. The van der Waals surface area contributed by atoms with Crippen molar-refractivity contribution in [3.05, 3.63) is 30.1 Å². The van der Waals surface area contributed by atoms with Crippen LogP contribution in [-0.2, 0) is 0 Å². The summed E-state index contributed by atoms with van der Waals surface area (Å²) in [6, 6.07) is 6.73. The maximum absolute atomic E-state index is 13.7. The largest absolute Gasteiger partial charge is 0.387 e. The van der Waals surface area contributed by atoms with Crippen molar-refractivity contribution in [2.45, 2.75) is 56.6 Å². The zero-order valence-corrected chi connectivity index (χ0v) is 11.2. The Balaban J connectivity index is 1.81. The van der Waals surface area contributed by atoms with Gasteiger partial charge in [-0.2, -0.15) is 0 Å². The molecule has 0 heterocycles. The number of fused-ring (bicyclic) bond motifs is 1. The van der Waals surface area contributed by atoms with E-state index in [1.165, 1.54) is 12.5 Å². The maximum Gasteiger partial charge on any atom is 0.146 e. The summed E-state index contributed by atoms with van der Waals surface area (Å²) in [5.74, 6) is 0.156. The smallest absolute Gasteiger partial charge is 0.146 e. The molecule has 0 saturated heterocycles. The first-order chi connectivity index (χ1) is 9.20. The number of hydrogen-bond acceptors (Lipinski definition) is 2. The van der Waals surface area contributed by atoms with Gasteiger partial charge in [-0.05, 0) is 43.7 Å². The molecule has 0 aromatic heterocycles.